The molecule has 0 aliphatic carbocycles. The lowest BCUT2D eigenvalue weighted by molar-refractivity contribution is 0.513. The zero-order valence-electron chi connectivity index (χ0n) is 11.1. The van der Waals surface area contributed by atoms with Gasteiger partial charge in [0.25, 0.3) is 0 Å². The second-order valence-corrected chi connectivity index (χ2v) is 4.83. The average Bonchev–Trinajstić information content (AvgIpc) is 2.81. The molecule has 0 fully saturated rings. The van der Waals surface area contributed by atoms with Gasteiger partial charge in [-0.25, -0.2) is 0 Å². The van der Waals surface area contributed by atoms with Crippen molar-refractivity contribution in [3.63, 3.8) is 0 Å². The predicted molar refractivity (Wildman–Crippen MR) is 74.4 cm³/mol. The van der Waals surface area contributed by atoms with E-state index < -0.39 is 0 Å². The van der Waals surface area contributed by atoms with Crippen molar-refractivity contribution in [2.45, 2.75) is 39.3 Å². The summed E-state index contributed by atoms with van der Waals surface area (Å²) in [6.45, 7) is 5.18. The third-order valence-corrected chi connectivity index (χ3v) is 3.28. The molecule has 0 saturated carbocycles. The van der Waals surface area contributed by atoms with Crippen LogP contribution in [0.2, 0.25) is 0 Å². The van der Waals surface area contributed by atoms with Gasteiger partial charge in [-0.15, -0.1) is 0 Å². The number of hydrogen-bond acceptors (Lipinski definition) is 2. The van der Waals surface area contributed by atoms with Crippen molar-refractivity contribution < 1.29 is 0 Å². The Balaban J connectivity index is 1.73. The first-order valence-corrected chi connectivity index (χ1v) is 6.52. The highest BCUT2D eigenvalue weighted by Gasteiger charge is 2.04. The molecule has 2 aromatic rings. The normalized spacial score (nSPS) is 12.6. The number of hydrogen-bond donors (Lipinski definition) is 2. The van der Waals surface area contributed by atoms with Crippen molar-refractivity contribution >= 4 is 0 Å². The highest BCUT2D eigenvalue weighted by atomic mass is 15.1. The van der Waals surface area contributed by atoms with E-state index in [-0.39, 0.29) is 0 Å². The number of aryl methyl sites for hydroxylation is 2. The van der Waals surface area contributed by atoms with Gasteiger partial charge in [0, 0.05) is 23.8 Å². The number of benzene rings is 1. The van der Waals surface area contributed by atoms with Crippen molar-refractivity contribution in [1.82, 2.24) is 15.5 Å². The van der Waals surface area contributed by atoms with Gasteiger partial charge in [-0.2, -0.15) is 5.10 Å². The van der Waals surface area contributed by atoms with Gasteiger partial charge in [0.1, 0.15) is 0 Å². The van der Waals surface area contributed by atoms with Crippen LogP contribution in [-0.2, 0) is 13.0 Å². The molecule has 0 saturated heterocycles. The number of nitrogens with zero attached hydrogens (tertiary/aromatic N) is 1. The third kappa shape index (κ3) is 3.70. The average molecular weight is 243 g/mol. The zero-order chi connectivity index (χ0) is 12.8. The van der Waals surface area contributed by atoms with Crippen molar-refractivity contribution in [2.75, 3.05) is 0 Å². The summed E-state index contributed by atoms with van der Waals surface area (Å²) in [5.74, 6) is 0. The Hall–Kier alpha value is -1.61. The lowest BCUT2D eigenvalue weighted by Crippen LogP contribution is -2.26. The molecule has 0 aliphatic heterocycles. The molecule has 0 bridgehead atoms. The summed E-state index contributed by atoms with van der Waals surface area (Å²) < 4.78 is 0. The standard InChI is InChI=1S/C15H21N3/c1-12(8-9-14-6-4-3-5-7-14)16-10-15-11-17-18-13(15)2/h3-7,11-12,16H,8-10H2,1-2H3,(H,17,18)/t12-/m0/s1. The third-order valence-electron chi connectivity index (χ3n) is 3.28. The van der Waals surface area contributed by atoms with Crippen LogP contribution in [0.5, 0.6) is 0 Å². The number of aromatic nitrogens is 2. The van der Waals surface area contributed by atoms with Gasteiger partial charge in [-0.05, 0) is 32.3 Å². The van der Waals surface area contributed by atoms with Crippen molar-refractivity contribution in [3.8, 4) is 0 Å². The molecular formula is C15H21N3. The molecule has 0 amide bonds. The minimum atomic E-state index is 0.513. The van der Waals surface area contributed by atoms with E-state index in [9.17, 15) is 0 Å². The van der Waals surface area contributed by atoms with E-state index in [1.165, 1.54) is 11.1 Å². The van der Waals surface area contributed by atoms with Crippen LogP contribution in [0.15, 0.2) is 36.5 Å². The summed E-state index contributed by atoms with van der Waals surface area (Å²) in [6, 6.07) is 11.1. The van der Waals surface area contributed by atoms with Crippen molar-refractivity contribution in [3.05, 3.63) is 53.3 Å². The van der Waals surface area contributed by atoms with Crippen LogP contribution in [0.1, 0.15) is 30.2 Å². The quantitative estimate of drug-likeness (QED) is 0.819. The van der Waals surface area contributed by atoms with E-state index in [1.54, 1.807) is 0 Å². The van der Waals surface area contributed by atoms with Gasteiger partial charge in [0.15, 0.2) is 0 Å². The first kappa shape index (κ1) is 12.8. The minimum Gasteiger partial charge on any atom is -0.310 e. The van der Waals surface area contributed by atoms with Crippen LogP contribution in [0.25, 0.3) is 0 Å². The number of H-pyrrole nitrogens is 1. The number of rotatable bonds is 6. The first-order valence-electron chi connectivity index (χ1n) is 6.52. The van der Waals surface area contributed by atoms with Gasteiger partial charge in [-0.3, -0.25) is 5.10 Å². The first-order chi connectivity index (χ1) is 8.75. The van der Waals surface area contributed by atoms with Gasteiger partial charge in [0.2, 0.25) is 0 Å². The Morgan fingerprint density at radius 2 is 2.06 bits per heavy atom. The molecule has 0 unspecified atom stereocenters. The van der Waals surface area contributed by atoms with E-state index in [0.29, 0.717) is 6.04 Å². The Labute approximate surface area is 109 Å². The Morgan fingerprint density at radius 3 is 2.72 bits per heavy atom. The fourth-order valence-electron chi connectivity index (χ4n) is 1.97. The van der Waals surface area contributed by atoms with E-state index in [4.69, 9.17) is 0 Å². The Morgan fingerprint density at radius 1 is 1.28 bits per heavy atom. The highest BCUT2D eigenvalue weighted by molar-refractivity contribution is 5.15. The second kappa shape index (κ2) is 6.36. The van der Waals surface area contributed by atoms with Crippen LogP contribution in [0, 0.1) is 6.92 Å². The molecule has 3 heteroatoms. The molecule has 1 aromatic heterocycles. The summed E-state index contributed by atoms with van der Waals surface area (Å²) in [4.78, 5) is 0. The maximum absolute atomic E-state index is 4.03. The molecule has 18 heavy (non-hydrogen) atoms. The maximum atomic E-state index is 4.03. The van der Waals surface area contributed by atoms with E-state index in [2.05, 4.69) is 59.7 Å². The predicted octanol–water partition coefficient (Wildman–Crippen LogP) is 2.83. The van der Waals surface area contributed by atoms with Gasteiger partial charge >= 0.3 is 0 Å². The van der Waals surface area contributed by atoms with Crippen molar-refractivity contribution in [2.24, 2.45) is 0 Å². The Kier molecular flexibility index (Phi) is 4.53. The lowest BCUT2D eigenvalue weighted by atomic mass is 10.1. The van der Waals surface area contributed by atoms with E-state index in [0.717, 1.165) is 25.1 Å². The largest absolute Gasteiger partial charge is 0.310 e. The van der Waals surface area contributed by atoms with Crippen LogP contribution >= 0.6 is 0 Å². The second-order valence-electron chi connectivity index (χ2n) is 4.83. The molecule has 96 valence electrons. The molecule has 3 nitrogen and oxygen atoms in total. The summed E-state index contributed by atoms with van der Waals surface area (Å²) >= 11 is 0. The molecule has 0 radical (unpaired) electrons. The van der Waals surface area contributed by atoms with Crippen LogP contribution in [0.4, 0.5) is 0 Å². The monoisotopic (exact) mass is 243 g/mol. The van der Waals surface area contributed by atoms with Gasteiger partial charge in [-0.1, -0.05) is 30.3 Å². The fraction of sp³-hybridized carbons (Fsp3) is 0.400. The lowest BCUT2D eigenvalue weighted by Gasteiger charge is -2.13. The highest BCUT2D eigenvalue weighted by Crippen LogP contribution is 2.06. The van der Waals surface area contributed by atoms with Gasteiger partial charge in [0.05, 0.1) is 6.20 Å². The number of aromatic amines is 1. The Bertz CT molecular complexity index is 462. The summed E-state index contributed by atoms with van der Waals surface area (Å²) in [5.41, 5.74) is 3.81. The summed E-state index contributed by atoms with van der Waals surface area (Å²) in [7, 11) is 0. The van der Waals surface area contributed by atoms with Crippen LogP contribution in [0.3, 0.4) is 0 Å². The zero-order valence-corrected chi connectivity index (χ0v) is 11.1. The van der Waals surface area contributed by atoms with E-state index in [1.807, 2.05) is 6.20 Å². The van der Waals surface area contributed by atoms with Crippen molar-refractivity contribution in [1.29, 1.82) is 0 Å². The fourth-order valence-corrected chi connectivity index (χ4v) is 1.97. The summed E-state index contributed by atoms with van der Waals surface area (Å²) in [6.07, 6.45) is 4.17. The van der Waals surface area contributed by atoms with Crippen LogP contribution in [-0.4, -0.2) is 16.2 Å². The number of nitrogens with one attached hydrogen (secondary N) is 2. The minimum absolute atomic E-state index is 0.513. The molecule has 2 N–H and O–H groups in total. The summed E-state index contributed by atoms with van der Waals surface area (Å²) in [5, 5.41) is 10.5. The molecular weight excluding hydrogens is 222 g/mol. The molecule has 0 aliphatic rings. The SMILES string of the molecule is Cc1[nH]ncc1CN[C@@H](C)CCc1ccccc1. The van der Waals surface area contributed by atoms with Gasteiger partial charge < -0.3 is 5.32 Å². The van der Waals surface area contributed by atoms with Crippen LogP contribution < -0.4 is 5.32 Å². The maximum Gasteiger partial charge on any atom is 0.0535 e. The molecule has 1 atom stereocenters. The molecule has 2 rings (SSSR count). The molecule has 0 spiro atoms. The molecule has 1 aromatic carbocycles. The topological polar surface area (TPSA) is 40.7 Å². The molecule has 1 heterocycles. The van der Waals surface area contributed by atoms with E-state index >= 15 is 0 Å². The smallest absolute Gasteiger partial charge is 0.0535 e.